The van der Waals surface area contributed by atoms with Gasteiger partial charge in [-0.1, -0.05) is 19.3 Å². The predicted molar refractivity (Wildman–Crippen MR) is 50.6 cm³/mol. The minimum absolute atomic E-state index is 0.0152. The quantitative estimate of drug-likeness (QED) is 0.485. The van der Waals surface area contributed by atoms with E-state index in [0.29, 0.717) is 0 Å². The van der Waals surface area contributed by atoms with Crippen LogP contribution in [0.5, 0.6) is 0 Å². The fraction of sp³-hybridized carbons (Fsp3) is 0.778. The second-order valence-electron chi connectivity index (χ2n) is 3.49. The summed E-state index contributed by atoms with van der Waals surface area (Å²) in [6.07, 6.45) is 5.16. The molecule has 1 aliphatic rings. The third-order valence-electron chi connectivity index (χ3n) is 2.55. The normalized spacial score (nSPS) is 18.3. The van der Waals surface area contributed by atoms with Gasteiger partial charge in [0.15, 0.2) is 0 Å². The SMILES string of the molecule is CN(C(=O)Cl)C(=O)C1CCCCC1. The first-order valence-electron chi connectivity index (χ1n) is 4.60. The second-order valence-corrected chi connectivity index (χ2v) is 3.81. The number of nitrogens with zero attached hydrogens (tertiary/aromatic N) is 1. The number of hydrogen-bond donors (Lipinski definition) is 0. The van der Waals surface area contributed by atoms with Crippen LogP contribution in [0.1, 0.15) is 32.1 Å². The zero-order valence-corrected chi connectivity index (χ0v) is 8.51. The maximum Gasteiger partial charge on any atom is 0.322 e. The van der Waals surface area contributed by atoms with E-state index in [1.165, 1.54) is 13.5 Å². The Morgan fingerprint density at radius 3 is 2.23 bits per heavy atom. The van der Waals surface area contributed by atoms with Crippen LogP contribution >= 0.6 is 11.6 Å². The molecule has 0 radical (unpaired) electrons. The van der Waals surface area contributed by atoms with E-state index in [2.05, 4.69) is 0 Å². The van der Waals surface area contributed by atoms with Crippen molar-refractivity contribution in [2.75, 3.05) is 7.05 Å². The molecule has 0 aliphatic heterocycles. The first-order chi connectivity index (χ1) is 6.13. The second kappa shape index (κ2) is 4.61. The molecule has 13 heavy (non-hydrogen) atoms. The Balaban J connectivity index is 2.50. The maximum atomic E-state index is 11.6. The Bertz CT molecular complexity index is 212. The van der Waals surface area contributed by atoms with Crippen molar-refractivity contribution in [3.05, 3.63) is 0 Å². The van der Waals surface area contributed by atoms with Gasteiger partial charge in [0.1, 0.15) is 0 Å². The van der Waals surface area contributed by atoms with E-state index in [9.17, 15) is 9.59 Å². The van der Waals surface area contributed by atoms with Gasteiger partial charge in [0.25, 0.3) is 0 Å². The molecule has 1 fully saturated rings. The lowest BCUT2D eigenvalue weighted by Gasteiger charge is -2.23. The zero-order valence-electron chi connectivity index (χ0n) is 7.75. The van der Waals surface area contributed by atoms with Crippen LogP contribution in [0.25, 0.3) is 0 Å². The van der Waals surface area contributed by atoms with E-state index in [-0.39, 0.29) is 11.8 Å². The van der Waals surface area contributed by atoms with Gasteiger partial charge in [-0.05, 0) is 24.4 Å². The van der Waals surface area contributed by atoms with Gasteiger partial charge in [0, 0.05) is 13.0 Å². The summed E-state index contributed by atoms with van der Waals surface area (Å²) in [5.74, 6) is -0.110. The summed E-state index contributed by atoms with van der Waals surface area (Å²) >= 11 is 5.21. The fourth-order valence-corrected chi connectivity index (χ4v) is 1.79. The summed E-state index contributed by atoms with van der Waals surface area (Å²) in [5.41, 5.74) is 0. The number of carbonyl (C=O) groups excluding carboxylic acids is 2. The van der Waals surface area contributed by atoms with Crippen molar-refractivity contribution in [3.63, 3.8) is 0 Å². The molecule has 74 valence electrons. The molecule has 3 nitrogen and oxygen atoms in total. The van der Waals surface area contributed by atoms with Crippen LogP contribution in [0.15, 0.2) is 0 Å². The van der Waals surface area contributed by atoms with Crippen molar-refractivity contribution in [2.24, 2.45) is 5.92 Å². The molecule has 0 aromatic heterocycles. The number of hydrogen-bond acceptors (Lipinski definition) is 2. The smallest absolute Gasteiger partial charge is 0.274 e. The highest BCUT2D eigenvalue weighted by atomic mass is 35.5. The molecular weight excluding hydrogens is 190 g/mol. The van der Waals surface area contributed by atoms with Gasteiger partial charge in [0.05, 0.1) is 0 Å². The van der Waals surface area contributed by atoms with Crippen LogP contribution in [0.2, 0.25) is 0 Å². The highest BCUT2D eigenvalue weighted by Gasteiger charge is 2.26. The van der Waals surface area contributed by atoms with Gasteiger partial charge in [0.2, 0.25) is 5.91 Å². The van der Waals surface area contributed by atoms with Crippen molar-refractivity contribution in [1.29, 1.82) is 0 Å². The van der Waals surface area contributed by atoms with Crippen LogP contribution in [0.4, 0.5) is 4.79 Å². The lowest BCUT2D eigenvalue weighted by atomic mass is 9.88. The van der Waals surface area contributed by atoms with Crippen LogP contribution in [-0.2, 0) is 4.79 Å². The minimum atomic E-state index is -0.685. The van der Waals surface area contributed by atoms with Gasteiger partial charge in [-0.3, -0.25) is 14.5 Å². The minimum Gasteiger partial charge on any atom is -0.274 e. The van der Waals surface area contributed by atoms with Crippen molar-refractivity contribution in [2.45, 2.75) is 32.1 Å². The lowest BCUT2D eigenvalue weighted by Crippen LogP contribution is -2.35. The summed E-state index contributed by atoms with van der Waals surface area (Å²) in [7, 11) is 1.44. The Kier molecular flexibility index (Phi) is 3.72. The largest absolute Gasteiger partial charge is 0.322 e. The molecule has 0 atom stereocenters. The molecule has 0 saturated heterocycles. The zero-order chi connectivity index (χ0) is 9.84. The maximum absolute atomic E-state index is 11.6. The number of imide groups is 1. The van der Waals surface area contributed by atoms with Crippen LogP contribution in [0.3, 0.4) is 0 Å². The molecule has 0 heterocycles. The molecule has 0 N–H and O–H groups in total. The molecule has 0 aromatic rings. The summed E-state index contributed by atoms with van der Waals surface area (Å²) in [6.45, 7) is 0. The molecule has 0 spiro atoms. The Morgan fingerprint density at radius 2 is 1.77 bits per heavy atom. The van der Waals surface area contributed by atoms with Crippen molar-refractivity contribution >= 4 is 22.9 Å². The molecule has 0 bridgehead atoms. The van der Waals surface area contributed by atoms with Gasteiger partial charge in [-0.25, -0.2) is 0 Å². The van der Waals surface area contributed by atoms with E-state index in [1.807, 2.05) is 0 Å². The van der Waals surface area contributed by atoms with Crippen molar-refractivity contribution in [1.82, 2.24) is 4.90 Å². The first kappa shape index (κ1) is 10.5. The monoisotopic (exact) mass is 203 g/mol. The van der Waals surface area contributed by atoms with Crippen LogP contribution in [0, 0.1) is 5.92 Å². The predicted octanol–water partition coefficient (Wildman–Crippen LogP) is 2.38. The van der Waals surface area contributed by atoms with Gasteiger partial charge in [-0.15, -0.1) is 0 Å². The average molecular weight is 204 g/mol. The Labute approximate surface area is 83.0 Å². The van der Waals surface area contributed by atoms with Crippen molar-refractivity contribution < 1.29 is 9.59 Å². The molecular formula is C9H14ClNO2. The van der Waals surface area contributed by atoms with Gasteiger partial charge in [-0.2, -0.15) is 0 Å². The summed E-state index contributed by atoms with van der Waals surface area (Å²) < 4.78 is 0. The highest BCUT2D eigenvalue weighted by Crippen LogP contribution is 2.25. The highest BCUT2D eigenvalue weighted by molar-refractivity contribution is 6.64. The molecule has 2 amide bonds. The fourth-order valence-electron chi connectivity index (χ4n) is 1.71. The van der Waals surface area contributed by atoms with Crippen LogP contribution < -0.4 is 0 Å². The van der Waals surface area contributed by atoms with E-state index in [1.54, 1.807) is 0 Å². The lowest BCUT2D eigenvalue weighted by molar-refractivity contribution is -0.132. The third kappa shape index (κ3) is 2.69. The summed E-state index contributed by atoms with van der Waals surface area (Å²) in [5, 5.41) is -0.685. The number of rotatable bonds is 1. The average Bonchev–Trinajstić information content (AvgIpc) is 2.17. The number of amides is 2. The third-order valence-corrected chi connectivity index (χ3v) is 2.80. The molecule has 1 aliphatic carbocycles. The molecule has 1 rings (SSSR count). The van der Waals surface area contributed by atoms with E-state index in [0.717, 1.165) is 30.6 Å². The molecule has 1 saturated carbocycles. The molecule has 0 aromatic carbocycles. The Hall–Kier alpha value is -0.570. The van der Waals surface area contributed by atoms with E-state index < -0.39 is 5.37 Å². The van der Waals surface area contributed by atoms with E-state index in [4.69, 9.17) is 11.6 Å². The molecule has 0 unspecified atom stereocenters. The summed E-state index contributed by atoms with van der Waals surface area (Å²) in [4.78, 5) is 23.3. The standard InChI is InChI=1S/C9H14ClNO2/c1-11(9(10)13)8(12)7-5-3-2-4-6-7/h7H,2-6H2,1H3. The van der Waals surface area contributed by atoms with E-state index >= 15 is 0 Å². The number of halogens is 1. The first-order valence-corrected chi connectivity index (χ1v) is 4.97. The van der Waals surface area contributed by atoms with Crippen molar-refractivity contribution in [3.8, 4) is 0 Å². The summed E-state index contributed by atoms with van der Waals surface area (Å²) in [6, 6.07) is 0. The number of carbonyl (C=O) groups is 2. The Morgan fingerprint density at radius 1 is 1.23 bits per heavy atom. The van der Waals surface area contributed by atoms with Gasteiger partial charge < -0.3 is 0 Å². The molecule has 4 heteroatoms. The van der Waals surface area contributed by atoms with Gasteiger partial charge >= 0.3 is 5.37 Å². The van der Waals surface area contributed by atoms with Crippen LogP contribution in [-0.4, -0.2) is 23.2 Å². The topological polar surface area (TPSA) is 37.4 Å².